The molecule has 0 aliphatic heterocycles. The monoisotopic (exact) mass is 345 g/mol. The number of hydrogen-bond acceptors (Lipinski definition) is 3. The van der Waals surface area contributed by atoms with Crippen LogP contribution in [-0.2, 0) is 12.0 Å². The second kappa shape index (κ2) is 8.85. The number of nitrogens with zero attached hydrogens (tertiary/aromatic N) is 1. The van der Waals surface area contributed by atoms with Gasteiger partial charge in [0.15, 0.2) is 5.96 Å². The highest BCUT2D eigenvalue weighted by molar-refractivity contribution is 7.10. The second-order valence-corrected chi connectivity index (χ2v) is 7.06. The Morgan fingerprint density at radius 3 is 2.58 bits per heavy atom. The van der Waals surface area contributed by atoms with Gasteiger partial charge in [-0.1, -0.05) is 35.9 Å². The Balaban J connectivity index is 1.89. The van der Waals surface area contributed by atoms with Gasteiger partial charge in [-0.05, 0) is 44.2 Å². The molecule has 4 nitrogen and oxygen atoms in total. The van der Waals surface area contributed by atoms with Crippen molar-refractivity contribution in [2.24, 2.45) is 4.99 Å². The van der Waals surface area contributed by atoms with Gasteiger partial charge in [-0.25, -0.2) is 4.99 Å². The highest BCUT2D eigenvalue weighted by atomic mass is 32.1. The first-order chi connectivity index (χ1) is 11.5. The van der Waals surface area contributed by atoms with Crippen LogP contribution in [0.5, 0.6) is 0 Å². The average molecular weight is 346 g/mol. The summed E-state index contributed by atoms with van der Waals surface area (Å²) in [4.78, 5) is 5.47. The lowest BCUT2D eigenvalue weighted by Crippen LogP contribution is -2.39. The molecule has 0 aliphatic rings. The molecule has 0 spiro atoms. The van der Waals surface area contributed by atoms with Gasteiger partial charge in [0.25, 0.3) is 0 Å². The second-order valence-electron chi connectivity index (χ2n) is 6.11. The fourth-order valence-electron chi connectivity index (χ4n) is 2.32. The van der Waals surface area contributed by atoms with Gasteiger partial charge in [-0.3, -0.25) is 0 Å². The molecule has 0 radical (unpaired) electrons. The van der Waals surface area contributed by atoms with Crippen LogP contribution in [0.1, 0.15) is 29.9 Å². The number of aliphatic hydroxyl groups is 1. The fraction of sp³-hybridized carbons (Fsp3) is 0.421. The van der Waals surface area contributed by atoms with Crippen molar-refractivity contribution in [3.05, 3.63) is 57.8 Å². The molecule has 1 unspecified atom stereocenters. The quantitative estimate of drug-likeness (QED) is 0.534. The topological polar surface area (TPSA) is 56.7 Å². The van der Waals surface area contributed by atoms with Crippen molar-refractivity contribution >= 4 is 17.3 Å². The SMILES string of the molecule is CCNC(=NCC(C)(O)c1cccs1)NCCc1ccc(C)cc1. The van der Waals surface area contributed by atoms with E-state index in [1.54, 1.807) is 18.3 Å². The molecule has 2 rings (SSSR count). The van der Waals surface area contributed by atoms with E-state index < -0.39 is 5.60 Å². The molecule has 0 fully saturated rings. The van der Waals surface area contributed by atoms with Gasteiger partial charge in [-0.15, -0.1) is 11.3 Å². The standard InChI is InChI=1S/C19H27N3OS/c1-4-20-18(21-12-11-16-9-7-15(2)8-10-16)22-14-19(3,23)17-6-5-13-24-17/h5-10,13,23H,4,11-12,14H2,1-3H3,(H2,20,21,22). The summed E-state index contributed by atoms with van der Waals surface area (Å²) >= 11 is 1.55. The molecule has 0 saturated heterocycles. The van der Waals surface area contributed by atoms with E-state index in [-0.39, 0.29) is 0 Å². The summed E-state index contributed by atoms with van der Waals surface area (Å²) < 4.78 is 0. The summed E-state index contributed by atoms with van der Waals surface area (Å²) in [6.07, 6.45) is 0.937. The summed E-state index contributed by atoms with van der Waals surface area (Å²) in [7, 11) is 0. The number of guanidine groups is 1. The van der Waals surface area contributed by atoms with Crippen LogP contribution >= 0.6 is 11.3 Å². The van der Waals surface area contributed by atoms with E-state index in [1.807, 2.05) is 24.4 Å². The zero-order valence-corrected chi connectivity index (χ0v) is 15.5. The van der Waals surface area contributed by atoms with Gasteiger partial charge in [-0.2, -0.15) is 0 Å². The molecule has 0 bridgehead atoms. The van der Waals surface area contributed by atoms with Crippen LogP contribution in [-0.4, -0.2) is 30.7 Å². The van der Waals surface area contributed by atoms with Crippen LogP contribution < -0.4 is 10.6 Å². The van der Waals surface area contributed by atoms with E-state index in [0.717, 1.165) is 30.3 Å². The van der Waals surface area contributed by atoms with Gasteiger partial charge in [0.1, 0.15) is 5.60 Å². The number of nitrogens with one attached hydrogen (secondary N) is 2. The number of aliphatic imine (C=N–C) groups is 1. The Morgan fingerprint density at radius 2 is 1.96 bits per heavy atom. The maximum absolute atomic E-state index is 10.6. The molecular formula is C19H27N3OS. The average Bonchev–Trinajstić information content (AvgIpc) is 3.10. The summed E-state index contributed by atoms with van der Waals surface area (Å²) in [5.74, 6) is 0.737. The van der Waals surface area contributed by atoms with E-state index >= 15 is 0 Å². The smallest absolute Gasteiger partial charge is 0.191 e. The van der Waals surface area contributed by atoms with E-state index in [2.05, 4.69) is 46.8 Å². The van der Waals surface area contributed by atoms with Crippen molar-refractivity contribution in [2.45, 2.75) is 32.8 Å². The van der Waals surface area contributed by atoms with E-state index in [9.17, 15) is 5.11 Å². The Labute approximate surface area is 148 Å². The molecule has 1 heterocycles. The molecule has 1 aromatic heterocycles. The third-order valence-electron chi connectivity index (χ3n) is 3.77. The molecule has 3 N–H and O–H groups in total. The molecular weight excluding hydrogens is 318 g/mol. The molecule has 130 valence electrons. The highest BCUT2D eigenvalue weighted by Gasteiger charge is 2.23. The zero-order chi connectivity index (χ0) is 17.4. The summed E-state index contributed by atoms with van der Waals surface area (Å²) in [6, 6.07) is 12.5. The van der Waals surface area contributed by atoms with Crippen molar-refractivity contribution < 1.29 is 5.11 Å². The maximum Gasteiger partial charge on any atom is 0.191 e. The summed E-state index contributed by atoms with van der Waals surface area (Å²) in [5, 5.41) is 19.1. The van der Waals surface area contributed by atoms with Gasteiger partial charge in [0.2, 0.25) is 0 Å². The number of thiophene rings is 1. The number of rotatable bonds is 7. The Bertz CT molecular complexity index is 633. The van der Waals surface area contributed by atoms with Crippen molar-refractivity contribution in [2.75, 3.05) is 19.6 Å². The lowest BCUT2D eigenvalue weighted by atomic mass is 10.1. The molecule has 1 aromatic carbocycles. The Kier molecular flexibility index (Phi) is 6.82. The van der Waals surface area contributed by atoms with Crippen LogP contribution in [0.15, 0.2) is 46.8 Å². The molecule has 0 saturated carbocycles. The van der Waals surface area contributed by atoms with Crippen molar-refractivity contribution in [3.8, 4) is 0 Å². The van der Waals surface area contributed by atoms with Crippen LogP contribution in [0.25, 0.3) is 0 Å². The minimum absolute atomic E-state index is 0.327. The van der Waals surface area contributed by atoms with Crippen molar-refractivity contribution in [1.29, 1.82) is 0 Å². The summed E-state index contributed by atoms with van der Waals surface area (Å²) in [5.41, 5.74) is 1.64. The lowest BCUT2D eigenvalue weighted by Gasteiger charge is -2.20. The van der Waals surface area contributed by atoms with Gasteiger partial charge >= 0.3 is 0 Å². The minimum Gasteiger partial charge on any atom is -0.383 e. The first kappa shape index (κ1) is 18.5. The van der Waals surface area contributed by atoms with Crippen LogP contribution in [0, 0.1) is 6.92 Å². The van der Waals surface area contributed by atoms with Gasteiger partial charge in [0, 0.05) is 18.0 Å². The van der Waals surface area contributed by atoms with Crippen LogP contribution in [0.2, 0.25) is 0 Å². The third kappa shape index (κ3) is 5.65. The first-order valence-electron chi connectivity index (χ1n) is 8.35. The lowest BCUT2D eigenvalue weighted by molar-refractivity contribution is 0.0711. The van der Waals surface area contributed by atoms with Gasteiger partial charge in [0.05, 0.1) is 6.54 Å². The first-order valence-corrected chi connectivity index (χ1v) is 9.23. The van der Waals surface area contributed by atoms with Gasteiger partial charge < -0.3 is 15.7 Å². The molecule has 0 amide bonds. The molecule has 24 heavy (non-hydrogen) atoms. The molecule has 2 aromatic rings. The number of benzene rings is 1. The predicted molar refractivity (Wildman–Crippen MR) is 103 cm³/mol. The van der Waals surface area contributed by atoms with E-state index in [4.69, 9.17) is 0 Å². The third-order valence-corrected chi connectivity index (χ3v) is 4.89. The molecule has 1 atom stereocenters. The predicted octanol–water partition coefficient (Wildman–Crippen LogP) is 3.06. The number of hydrogen-bond donors (Lipinski definition) is 3. The largest absolute Gasteiger partial charge is 0.383 e. The molecule has 5 heteroatoms. The normalized spacial score (nSPS) is 14.2. The summed E-state index contributed by atoms with van der Waals surface area (Å²) in [6.45, 7) is 7.85. The van der Waals surface area contributed by atoms with E-state index in [0.29, 0.717) is 6.54 Å². The fourth-order valence-corrected chi connectivity index (χ4v) is 3.10. The minimum atomic E-state index is -0.937. The van der Waals surface area contributed by atoms with Crippen LogP contribution in [0.4, 0.5) is 0 Å². The zero-order valence-electron chi connectivity index (χ0n) is 14.7. The molecule has 0 aliphatic carbocycles. The Morgan fingerprint density at radius 1 is 1.21 bits per heavy atom. The highest BCUT2D eigenvalue weighted by Crippen LogP contribution is 2.25. The maximum atomic E-state index is 10.6. The Hall–Kier alpha value is -1.85. The van der Waals surface area contributed by atoms with E-state index in [1.165, 1.54) is 11.1 Å². The van der Waals surface area contributed by atoms with Crippen LogP contribution in [0.3, 0.4) is 0 Å². The van der Waals surface area contributed by atoms with Crippen molar-refractivity contribution in [1.82, 2.24) is 10.6 Å². The number of aryl methyl sites for hydroxylation is 1. The van der Waals surface area contributed by atoms with Crippen molar-refractivity contribution in [3.63, 3.8) is 0 Å².